The molecule has 0 saturated heterocycles. The summed E-state index contributed by atoms with van der Waals surface area (Å²) in [5.74, 6) is 0.142. The van der Waals surface area contributed by atoms with Gasteiger partial charge in [-0.15, -0.1) is 0 Å². The van der Waals surface area contributed by atoms with E-state index in [0.717, 1.165) is 5.69 Å². The third kappa shape index (κ3) is 4.59. The summed E-state index contributed by atoms with van der Waals surface area (Å²) in [4.78, 5) is 27.0. The van der Waals surface area contributed by atoms with Crippen molar-refractivity contribution in [3.05, 3.63) is 48.7 Å². The predicted octanol–water partition coefficient (Wildman–Crippen LogP) is 2.29. The number of hydrogen-bond donors (Lipinski definition) is 3. The molecule has 0 spiro atoms. The maximum absolute atomic E-state index is 11.9. The summed E-state index contributed by atoms with van der Waals surface area (Å²) in [6, 6.07) is 12.6. The minimum Gasteiger partial charge on any atom is -0.345 e. The molecular formula is C16H18N4O2. The summed E-state index contributed by atoms with van der Waals surface area (Å²) in [7, 11) is 0. The lowest BCUT2D eigenvalue weighted by Crippen LogP contribution is -2.40. The number of nitrogens with one attached hydrogen (secondary N) is 3. The molecule has 1 atom stereocenters. The number of rotatable bonds is 5. The first-order chi connectivity index (χ1) is 10.5. The third-order valence-corrected chi connectivity index (χ3v) is 2.89. The zero-order chi connectivity index (χ0) is 15.9. The second kappa shape index (κ2) is 7.21. The minimum atomic E-state index is -0.598. The van der Waals surface area contributed by atoms with Gasteiger partial charge in [0, 0.05) is 12.6 Å². The van der Waals surface area contributed by atoms with Gasteiger partial charge >= 0.3 is 0 Å². The molecule has 0 radical (unpaired) electrons. The Labute approximate surface area is 129 Å². The van der Waals surface area contributed by atoms with Crippen molar-refractivity contribution in [2.24, 2.45) is 0 Å². The van der Waals surface area contributed by atoms with E-state index in [0.29, 0.717) is 11.5 Å². The predicted molar refractivity (Wildman–Crippen MR) is 85.9 cm³/mol. The summed E-state index contributed by atoms with van der Waals surface area (Å²) in [5, 5.41) is 8.37. The molecule has 0 fully saturated rings. The Hall–Kier alpha value is -2.89. The van der Waals surface area contributed by atoms with E-state index in [-0.39, 0.29) is 11.8 Å². The molecule has 1 aromatic carbocycles. The maximum atomic E-state index is 11.9. The second-order valence-electron chi connectivity index (χ2n) is 4.83. The second-order valence-corrected chi connectivity index (χ2v) is 4.83. The highest BCUT2D eigenvalue weighted by atomic mass is 16.2. The van der Waals surface area contributed by atoms with Gasteiger partial charge < -0.3 is 16.0 Å². The molecule has 114 valence electrons. The molecule has 1 aromatic heterocycles. The summed E-state index contributed by atoms with van der Waals surface area (Å²) in [6.45, 7) is 2.99. The molecule has 3 N–H and O–H groups in total. The van der Waals surface area contributed by atoms with Crippen LogP contribution in [-0.2, 0) is 9.59 Å². The van der Waals surface area contributed by atoms with Gasteiger partial charge in [-0.25, -0.2) is 4.98 Å². The lowest BCUT2D eigenvalue weighted by atomic mass is 10.3. The van der Waals surface area contributed by atoms with Gasteiger partial charge in [-0.2, -0.15) is 0 Å². The Morgan fingerprint density at radius 3 is 2.36 bits per heavy atom. The van der Waals surface area contributed by atoms with Crippen LogP contribution in [0.15, 0.2) is 48.7 Å². The highest BCUT2D eigenvalue weighted by Crippen LogP contribution is 2.15. The zero-order valence-corrected chi connectivity index (χ0v) is 12.5. The van der Waals surface area contributed by atoms with Gasteiger partial charge in [0.2, 0.25) is 11.8 Å². The van der Waals surface area contributed by atoms with Crippen molar-refractivity contribution in [1.82, 2.24) is 10.3 Å². The van der Waals surface area contributed by atoms with E-state index < -0.39 is 6.04 Å². The summed E-state index contributed by atoms with van der Waals surface area (Å²) in [6.07, 6.45) is 1.56. The molecule has 22 heavy (non-hydrogen) atoms. The number of anilines is 3. The van der Waals surface area contributed by atoms with Crippen LogP contribution in [0.1, 0.15) is 13.8 Å². The molecule has 2 amide bonds. The van der Waals surface area contributed by atoms with Crippen molar-refractivity contribution in [2.75, 3.05) is 10.6 Å². The van der Waals surface area contributed by atoms with E-state index in [1.54, 1.807) is 25.3 Å². The van der Waals surface area contributed by atoms with Crippen LogP contribution in [-0.4, -0.2) is 22.8 Å². The van der Waals surface area contributed by atoms with Crippen molar-refractivity contribution in [1.29, 1.82) is 0 Å². The number of hydrogen-bond acceptors (Lipinski definition) is 4. The normalized spacial score (nSPS) is 11.4. The number of para-hydroxylation sites is 1. The van der Waals surface area contributed by atoms with Crippen molar-refractivity contribution in [3.8, 4) is 0 Å². The number of carbonyl (C=O) groups is 2. The fourth-order valence-electron chi connectivity index (χ4n) is 1.83. The summed E-state index contributed by atoms with van der Waals surface area (Å²) in [5.41, 5.74) is 1.51. The highest BCUT2D eigenvalue weighted by Gasteiger charge is 2.13. The van der Waals surface area contributed by atoms with Gasteiger partial charge in [0.05, 0.1) is 11.9 Å². The molecule has 0 aliphatic carbocycles. The van der Waals surface area contributed by atoms with Crippen LogP contribution in [0.5, 0.6) is 0 Å². The fraction of sp³-hybridized carbons (Fsp3) is 0.188. The Morgan fingerprint density at radius 1 is 1.05 bits per heavy atom. The largest absolute Gasteiger partial charge is 0.345 e. The van der Waals surface area contributed by atoms with Crippen molar-refractivity contribution >= 4 is 29.0 Å². The lowest BCUT2D eigenvalue weighted by molar-refractivity contribution is -0.124. The van der Waals surface area contributed by atoms with Crippen molar-refractivity contribution < 1.29 is 9.59 Å². The van der Waals surface area contributed by atoms with E-state index in [2.05, 4.69) is 20.9 Å². The van der Waals surface area contributed by atoms with Gasteiger partial charge in [0.25, 0.3) is 0 Å². The number of benzene rings is 1. The molecule has 0 aliphatic heterocycles. The molecule has 6 heteroatoms. The maximum Gasteiger partial charge on any atom is 0.246 e. The van der Waals surface area contributed by atoms with E-state index in [9.17, 15) is 9.59 Å². The fourth-order valence-corrected chi connectivity index (χ4v) is 1.83. The van der Waals surface area contributed by atoms with Crippen LogP contribution in [0.25, 0.3) is 0 Å². The van der Waals surface area contributed by atoms with E-state index >= 15 is 0 Å². The third-order valence-electron chi connectivity index (χ3n) is 2.89. The number of amides is 2. The zero-order valence-electron chi connectivity index (χ0n) is 12.5. The number of nitrogens with zero attached hydrogens (tertiary/aromatic N) is 1. The monoisotopic (exact) mass is 298 g/mol. The van der Waals surface area contributed by atoms with Gasteiger partial charge in [-0.3, -0.25) is 9.59 Å². The smallest absolute Gasteiger partial charge is 0.246 e. The molecule has 0 aliphatic rings. The quantitative estimate of drug-likeness (QED) is 0.791. The number of aromatic nitrogens is 1. The molecule has 0 saturated carbocycles. The molecule has 0 unspecified atom stereocenters. The molecule has 2 aromatic rings. The van der Waals surface area contributed by atoms with E-state index in [4.69, 9.17) is 0 Å². The SMILES string of the molecule is CC(=O)N[C@@H](C)C(=O)Nc1ccc(Nc2ccccc2)nc1. The Morgan fingerprint density at radius 2 is 1.77 bits per heavy atom. The Balaban J connectivity index is 1.94. The standard InChI is InChI=1S/C16H18N4O2/c1-11(18-12(2)21)16(22)20-14-8-9-15(17-10-14)19-13-6-4-3-5-7-13/h3-11H,1-2H3,(H,17,19)(H,18,21)(H,20,22)/t11-/m0/s1. The first-order valence-electron chi connectivity index (χ1n) is 6.90. The number of carbonyl (C=O) groups excluding carboxylic acids is 2. The molecule has 1 heterocycles. The van der Waals surface area contributed by atoms with Crippen molar-refractivity contribution in [2.45, 2.75) is 19.9 Å². The Bertz CT molecular complexity index is 641. The van der Waals surface area contributed by atoms with Gasteiger partial charge in [0.1, 0.15) is 11.9 Å². The van der Waals surface area contributed by atoms with Gasteiger partial charge in [-0.1, -0.05) is 18.2 Å². The summed E-state index contributed by atoms with van der Waals surface area (Å²) >= 11 is 0. The lowest BCUT2D eigenvalue weighted by Gasteiger charge is -2.13. The van der Waals surface area contributed by atoms with Crippen LogP contribution < -0.4 is 16.0 Å². The van der Waals surface area contributed by atoms with E-state index in [1.165, 1.54) is 6.92 Å². The summed E-state index contributed by atoms with van der Waals surface area (Å²) < 4.78 is 0. The van der Waals surface area contributed by atoms with Crippen LogP contribution in [0.3, 0.4) is 0 Å². The average molecular weight is 298 g/mol. The van der Waals surface area contributed by atoms with Gasteiger partial charge in [0.15, 0.2) is 0 Å². The van der Waals surface area contributed by atoms with E-state index in [1.807, 2.05) is 30.3 Å². The highest BCUT2D eigenvalue weighted by molar-refractivity contribution is 5.96. The van der Waals surface area contributed by atoms with Crippen LogP contribution in [0, 0.1) is 0 Å². The Kier molecular flexibility index (Phi) is 5.08. The topological polar surface area (TPSA) is 83.1 Å². The molecule has 6 nitrogen and oxygen atoms in total. The molecule has 2 rings (SSSR count). The van der Waals surface area contributed by atoms with Crippen LogP contribution in [0.2, 0.25) is 0 Å². The minimum absolute atomic E-state index is 0.247. The molecule has 0 bridgehead atoms. The van der Waals surface area contributed by atoms with Crippen LogP contribution >= 0.6 is 0 Å². The van der Waals surface area contributed by atoms with Crippen LogP contribution in [0.4, 0.5) is 17.2 Å². The first-order valence-corrected chi connectivity index (χ1v) is 6.90. The average Bonchev–Trinajstić information content (AvgIpc) is 2.49. The first kappa shape index (κ1) is 15.5. The molecular weight excluding hydrogens is 280 g/mol. The van der Waals surface area contributed by atoms with Gasteiger partial charge in [-0.05, 0) is 31.2 Å². The van der Waals surface area contributed by atoms with Crippen molar-refractivity contribution in [3.63, 3.8) is 0 Å². The number of pyridine rings is 1.